The Kier molecular flexibility index (Phi) is 7.62. The van der Waals surface area contributed by atoms with Gasteiger partial charge in [-0.1, -0.05) is 12.7 Å². The summed E-state index contributed by atoms with van der Waals surface area (Å²) in [7, 11) is 1.37. The predicted molar refractivity (Wildman–Crippen MR) is 94.7 cm³/mol. The van der Waals surface area contributed by atoms with E-state index in [1.807, 2.05) is 23.5 Å². The molecule has 2 aliphatic rings. The summed E-state index contributed by atoms with van der Waals surface area (Å²) in [4.78, 5) is 25.7. The number of carbonyl (C=O) groups excluding carboxylic acids is 2. The van der Waals surface area contributed by atoms with Crippen LogP contribution >= 0.6 is 23.5 Å². The Bertz CT molecular complexity index is 426. The Balaban J connectivity index is 1.89. The average Bonchev–Trinajstić information content (AvgIpc) is 3.10. The third kappa shape index (κ3) is 5.35. The van der Waals surface area contributed by atoms with E-state index in [1.54, 1.807) is 0 Å². The van der Waals surface area contributed by atoms with Crippen molar-refractivity contribution in [3.05, 3.63) is 12.7 Å². The monoisotopic (exact) mass is 359 g/mol. The van der Waals surface area contributed by atoms with Gasteiger partial charge in [-0.25, -0.2) is 9.59 Å². The van der Waals surface area contributed by atoms with Crippen LogP contribution in [-0.2, 0) is 14.3 Å². The van der Waals surface area contributed by atoms with Crippen molar-refractivity contribution in [2.45, 2.75) is 36.3 Å². The van der Waals surface area contributed by atoms with Gasteiger partial charge in [0.1, 0.15) is 12.6 Å². The van der Waals surface area contributed by atoms with Crippen LogP contribution in [0, 0.1) is 5.92 Å². The molecule has 2 aliphatic heterocycles. The first-order valence-electron chi connectivity index (χ1n) is 8.01. The lowest BCUT2D eigenvalue weighted by molar-refractivity contribution is -0.148. The minimum absolute atomic E-state index is 0.156. The Morgan fingerprint density at radius 1 is 1.30 bits per heavy atom. The molecular formula is C16H25NO4S2. The van der Waals surface area contributed by atoms with Crippen LogP contribution in [0.25, 0.3) is 0 Å². The lowest BCUT2D eigenvalue weighted by Gasteiger charge is -2.37. The summed E-state index contributed by atoms with van der Waals surface area (Å²) in [5.41, 5.74) is 0. The third-order valence-electron chi connectivity index (χ3n) is 4.24. The lowest BCUT2D eigenvalue weighted by atomic mass is 9.87. The zero-order valence-corrected chi connectivity index (χ0v) is 15.2. The van der Waals surface area contributed by atoms with Gasteiger partial charge in [-0.15, -0.1) is 23.5 Å². The molecule has 0 aromatic rings. The van der Waals surface area contributed by atoms with Crippen molar-refractivity contribution in [2.75, 3.05) is 31.8 Å². The van der Waals surface area contributed by atoms with E-state index in [4.69, 9.17) is 9.47 Å². The highest BCUT2D eigenvalue weighted by molar-refractivity contribution is 8.20. The van der Waals surface area contributed by atoms with Gasteiger partial charge < -0.3 is 9.47 Å². The van der Waals surface area contributed by atoms with Crippen LogP contribution in [0.4, 0.5) is 4.79 Å². The van der Waals surface area contributed by atoms with Crippen molar-refractivity contribution in [1.29, 1.82) is 0 Å². The largest absolute Gasteiger partial charge is 0.467 e. The van der Waals surface area contributed by atoms with Crippen LogP contribution in [-0.4, -0.2) is 59.4 Å². The first kappa shape index (κ1) is 18.5. The van der Waals surface area contributed by atoms with Gasteiger partial charge in [0.25, 0.3) is 0 Å². The van der Waals surface area contributed by atoms with Crippen molar-refractivity contribution >= 4 is 35.6 Å². The van der Waals surface area contributed by atoms with E-state index in [0.717, 1.165) is 12.8 Å². The summed E-state index contributed by atoms with van der Waals surface area (Å²) < 4.78 is 10.7. The fourth-order valence-electron chi connectivity index (χ4n) is 3.04. The van der Waals surface area contributed by atoms with Crippen molar-refractivity contribution in [3.63, 3.8) is 0 Å². The fraction of sp³-hybridized carbons (Fsp3) is 0.750. The fourth-order valence-corrected chi connectivity index (χ4v) is 5.90. The predicted octanol–water partition coefficient (Wildman–Crippen LogP) is 3.15. The molecule has 2 heterocycles. The molecule has 23 heavy (non-hydrogen) atoms. The maximum absolute atomic E-state index is 12.1. The summed E-state index contributed by atoms with van der Waals surface area (Å²) in [6.45, 7) is 4.23. The number of likely N-dealkylation sites (tertiary alicyclic amines) is 1. The molecule has 1 amide bonds. The second-order valence-electron chi connectivity index (χ2n) is 5.74. The highest BCUT2D eigenvalue weighted by Gasteiger charge is 2.37. The van der Waals surface area contributed by atoms with E-state index < -0.39 is 12.1 Å². The van der Waals surface area contributed by atoms with E-state index in [2.05, 4.69) is 6.58 Å². The molecule has 0 bridgehead atoms. The van der Waals surface area contributed by atoms with Gasteiger partial charge in [0.2, 0.25) is 0 Å². The van der Waals surface area contributed by atoms with E-state index in [-0.39, 0.29) is 12.6 Å². The molecule has 2 rings (SSSR count). The van der Waals surface area contributed by atoms with Crippen LogP contribution in [0.15, 0.2) is 12.7 Å². The average molecular weight is 360 g/mol. The second-order valence-corrected chi connectivity index (χ2v) is 8.66. The minimum Gasteiger partial charge on any atom is -0.467 e. The number of ether oxygens (including phenoxy) is 2. The van der Waals surface area contributed by atoms with Gasteiger partial charge in [0, 0.05) is 18.1 Å². The van der Waals surface area contributed by atoms with E-state index in [1.165, 1.54) is 36.0 Å². The highest BCUT2D eigenvalue weighted by atomic mass is 32.2. The van der Waals surface area contributed by atoms with Crippen LogP contribution in [0.2, 0.25) is 0 Å². The zero-order chi connectivity index (χ0) is 16.7. The van der Waals surface area contributed by atoms with Gasteiger partial charge in [-0.2, -0.15) is 0 Å². The van der Waals surface area contributed by atoms with Crippen molar-refractivity contribution < 1.29 is 19.1 Å². The molecule has 0 saturated carbocycles. The molecule has 0 aromatic heterocycles. The molecule has 130 valence electrons. The van der Waals surface area contributed by atoms with Crippen LogP contribution in [0.5, 0.6) is 0 Å². The van der Waals surface area contributed by atoms with Crippen LogP contribution in [0.1, 0.15) is 25.7 Å². The number of esters is 1. The summed E-state index contributed by atoms with van der Waals surface area (Å²) in [5, 5.41) is 0. The maximum Gasteiger partial charge on any atom is 0.410 e. The number of rotatable bonds is 6. The summed E-state index contributed by atoms with van der Waals surface area (Å²) in [6, 6.07) is -0.528. The Hall–Kier alpha value is -0.820. The van der Waals surface area contributed by atoms with E-state index in [0.29, 0.717) is 23.5 Å². The molecule has 7 heteroatoms. The SMILES string of the molecule is C=CCOC(=O)N1CCC(CCC2SCCS2)CC1C(=O)OC. The van der Waals surface area contributed by atoms with Gasteiger partial charge in [0.05, 0.1) is 11.7 Å². The molecule has 2 fully saturated rings. The number of carbonyl (C=O) groups is 2. The number of nitrogens with zero attached hydrogens (tertiary/aromatic N) is 1. The quantitative estimate of drug-likeness (QED) is 0.536. The minimum atomic E-state index is -0.528. The third-order valence-corrected chi connectivity index (χ3v) is 7.41. The highest BCUT2D eigenvalue weighted by Crippen LogP contribution is 2.37. The van der Waals surface area contributed by atoms with E-state index in [9.17, 15) is 9.59 Å². The van der Waals surface area contributed by atoms with Gasteiger partial charge in [-0.3, -0.25) is 4.90 Å². The van der Waals surface area contributed by atoms with Gasteiger partial charge >= 0.3 is 12.1 Å². The first-order valence-corrected chi connectivity index (χ1v) is 10.1. The molecule has 2 atom stereocenters. The van der Waals surface area contributed by atoms with Crippen molar-refractivity contribution in [2.24, 2.45) is 5.92 Å². The smallest absolute Gasteiger partial charge is 0.410 e. The molecule has 0 aromatic carbocycles. The molecule has 5 nitrogen and oxygen atoms in total. The van der Waals surface area contributed by atoms with Gasteiger partial charge in [-0.05, 0) is 31.6 Å². The standard InChI is InChI=1S/C16H25NO4S2/c1-3-8-21-16(19)17-7-6-12(11-13(17)15(18)20-2)4-5-14-22-9-10-23-14/h3,12-14H,1,4-11H2,2H3. The molecule has 0 spiro atoms. The molecular weight excluding hydrogens is 334 g/mol. The number of methoxy groups -OCH3 is 1. The van der Waals surface area contributed by atoms with Crippen molar-refractivity contribution in [3.8, 4) is 0 Å². The Morgan fingerprint density at radius 3 is 2.70 bits per heavy atom. The zero-order valence-electron chi connectivity index (χ0n) is 13.6. The molecule has 0 radical (unpaired) electrons. The maximum atomic E-state index is 12.1. The number of hydrogen-bond donors (Lipinski definition) is 0. The summed E-state index contributed by atoms with van der Waals surface area (Å²) >= 11 is 4.07. The number of thioether (sulfide) groups is 2. The van der Waals surface area contributed by atoms with Crippen LogP contribution < -0.4 is 0 Å². The van der Waals surface area contributed by atoms with Crippen LogP contribution in [0.3, 0.4) is 0 Å². The first-order chi connectivity index (χ1) is 11.2. The Morgan fingerprint density at radius 2 is 2.04 bits per heavy atom. The number of amides is 1. The topological polar surface area (TPSA) is 55.8 Å². The van der Waals surface area contributed by atoms with E-state index >= 15 is 0 Å². The molecule has 0 N–H and O–H groups in total. The van der Waals surface area contributed by atoms with Crippen molar-refractivity contribution in [1.82, 2.24) is 4.90 Å². The van der Waals surface area contributed by atoms with Gasteiger partial charge in [0.15, 0.2) is 0 Å². The molecule has 2 saturated heterocycles. The molecule has 2 unspecified atom stereocenters. The second kappa shape index (κ2) is 9.47. The normalized spacial score (nSPS) is 25.2. The summed E-state index contributed by atoms with van der Waals surface area (Å²) in [6.07, 6.45) is 4.93. The number of hydrogen-bond acceptors (Lipinski definition) is 6. The number of piperidine rings is 1. The lowest BCUT2D eigenvalue weighted by Crippen LogP contribution is -2.50. The summed E-state index contributed by atoms with van der Waals surface area (Å²) in [5.74, 6) is 2.60. The molecule has 0 aliphatic carbocycles. The Labute approximate surface area is 146 Å².